The number of nitrogens with zero attached hydrogens (tertiary/aromatic N) is 1. The van der Waals surface area contributed by atoms with Crippen molar-refractivity contribution in [2.24, 2.45) is 0 Å². The summed E-state index contributed by atoms with van der Waals surface area (Å²) in [5.41, 5.74) is 0. The van der Waals surface area contributed by atoms with E-state index in [1.54, 1.807) is 18.2 Å². The quantitative estimate of drug-likeness (QED) is 0.746. The fraction of sp³-hybridized carbons (Fsp3) is 1.00. The van der Waals surface area contributed by atoms with E-state index in [9.17, 15) is 8.42 Å². The highest BCUT2D eigenvalue weighted by Gasteiger charge is 2.35. The van der Waals surface area contributed by atoms with Crippen molar-refractivity contribution in [3.05, 3.63) is 0 Å². The molecule has 0 aromatic carbocycles. The predicted molar refractivity (Wildman–Crippen MR) is 57.7 cm³/mol. The zero-order valence-electron chi connectivity index (χ0n) is 9.16. The fourth-order valence-corrected chi connectivity index (χ4v) is 3.38. The molecule has 1 unspecified atom stereocenters. The molecule has 0 radical (unpaired) electrons. The van der Waals surface area contributed by atoms with Crippen molar-refractivity contribution in [1.29, 1.82) is 0 Å². The average molecular weight is 220 g/mol. The van der Waals surface area contributed by atoms with Crippen molar-refractivity contribution in [2.45, 2.75) is 38.0 Å². The summed E-state index contributed by atoms with van der Waals surface area (Å²) in [5.74, 6) is 0. The predicted octanol–water partition coefficient (Wildman–Crippen LogP) is 0.408. The first-order valence-electron chi connectivity index (χ1n) is 5.15. The van der Waals surface area contributed by atoms with Gasteiger partial charge in [0.2, 0.25) is 10.0 Å². The summed E-state index contributed by atoms with van der Waals surface area (Å²) in [5, 5.41) is 2.74. The molecule has 1 saturated heterocycles. The van der Waals surface area contributed by atoms with Gasteiger partial charge in [0, 0.05) is 19.1 Å². The third kappa shape index (κ3) is 2.27. The van der Waals surface area contributed by atoms with E-state index in [1.165, 1.54) is 0 Å². The lowest BCUT2D eigenvalue weighted by Gasteiger charge is -2.25. The summed E-state index contributed by atoms with van der Waals surface area (Å²) in [6, 6.07) is 0.160. The van der Waals surface area contributed by atoms with E-state index in [0.717, 1.165) is 19.4 Å². The first kappa shape index (κ1) is 11.9. The standard InChI is InChI=1S/C9H20N2O2S/c1-8(2)14(12,13)11-6-4-5-9(11)7-10-3/h8-10H,4-7H2,1-3H3. The Balaban J connectivity index is 2.76. The van der Waals surface area contributed by atoms with Gasteiger partial charge < -0.3 is 5.32 Å². The number of rotatable bonds is 4. The van der Waals surface area contributed by atoms with Gasteiger partial charge in [0.1, 0.15) is 0 Å². The molecule has 1 heterocycles. The number of hydrogen-bond acceptors (Lipinski definition) is 3. The molecule has 0 aromatic rings. The monoisotopic (exact) mass is 220 g/mol. The first-order valence-corrected chi connectivity index (χ1v) is 6.65. The largest absolute Gasteiger partial charge is 0.318 e. The molecule has 0 bridgehead atoms. The molecule has 14 heavy (non-hydrogen) atoms. The number of nitrogens with one attached hydrogen (secondary N) is 1. The zero-order valence-corrected chi connectivity index (χ0v) is 9.97. The van der Waals surface area contributed by atoms with Crippen LogP contribution in [0.3, 0.4) is 0 Å². The number of hydrogen-bond donors (Lipinski definition) is 1. The summed E-state index contributed by atoms with van der Waals surface area (Å²) < 4.78 is 25.5. The van der Waals surface area contributed by atoms with Crippen molar-refractivity contribution in [2.75, 3.05) is 20.1 Å². The molecular weight excluding hydrogens is 200 g/mol. The molecule has 1 fully saturated rings. The van der Waals surface area contributed by atoms with Gasteiger partial charge in [-0.05, 0) is 33.7 Å². The Hall–Kier alpha value is -0.130. The Kier molecular flexibility index (Phi) is 3.92. The van der Waals surface area contributed by atoms with Crippen LogP contribution in [0.5, 0.6) is 0 Å². The summed E-state index contributed by atoms with van der Waals surface area (Å²) in [6.07, 6.45) is 1.96. The van der Waals surface area contributed by atoms with E-state index < -0.39 is 10.0 Å². The molecule has 1 rings (SSSR count). The van der Waals surface area contributed by atoms with Gasteiger partial charge in [-0.1, -0.05) is 0 Å². The second kappa shape index (κ2) is 4.59. The van der Waals surface area contributed by atoms with Crippen LogP contribution in [0.2, 0.25) is 0 Å². The number of sulfonamides is 1. The fourth-order valence-electron chi connectivity index (χ4n) is 1.85. The van der Waals surface area contributed by atoms with Gasteiger partial charge in [-0.2, -0.15) is 4.31 Å². The van der Waals surface area contributed by atoms with Crippen molar-refractivity contribution >= 4 is 10.0 Å². The van der Waals surface area contributed by atoms with Crippen molar-refractivity contribution < 1.29 is 8.42 Å². The molecule has 0 aliphatic carbocycles. The Morgan fingerprint density at radius 2 is 2.14 bits per heavy atom. The first-order chi connectivity index (χ1) is 6.50. The second-order valence-corrected chi connectivity index (χ2v) is 6.50. The van der Waals surface area contributed by atoms with Crippen LogP contribution >= 0.6 is 0 Å². The van der Waals surface area contributed by atoms with E-state index in [4.69, 9.17) is 0 Å². The molecule has 1 N–H and O–H groups in total. The van der Waals surface area contributed by atoms with Crippen molar-refractivity contribution in [1.82, 2.24) is 9.62 Å². The van der Waals surface area contributed by atoms with Gasteiger partial charge in [0.15, 0.2) is 0 Å². The Labute approximate surface area is 86.7 Å². The molecule has 1 atom stereocenters. The summed E-state index contributed by atoms with van der Waals surface area (Å²) in [6.45, 7) is 4.92. The van der Waals surface area contributed by atoms with Gasteiger partial charge in [-0.25, -0.2) is 8.42 Å². The average Bonchev–Trinajstić information content (AvgIpc) is 2.53. The van der Waals surface area contributed by atoms with Gasteiger partial charge in [-0.3, -0.25) is 0 Å². The number of likely N-dealkylation sites (N-methyl/N-ethyl adjacent to an activating group) is 1. The molecule has 84 valence electrons. The van der Waals surface area contributed by atoms with Crippen LogP contribution < -0.4 is 5.32 Å². The van der Waals surface area contributed by atoms with Crippen molar-refractivity contribution in [3.8, 4) is 0 Å². The lowest BCUT2D eigenvalue weighted by molar-refractivity contribution is 0.375. The minimum absolute atomic E-state index is 0.160. The Morgan fingerprint density at radius 1 is 1.50 bits per heavy atom. The third-order valence-electron chi connectivity index (χ3n) is 2.69. The maximum atomic E-state index is 11.9. The lowest BCUT2D eigenvalue weighted by atomic mass is 10.2. The summed E-state index contributed by atoms with van der Waals surface area (Å²) in [7, 11) is -1.20. The zero-order chi connectivity index (χ0) is 10.8. The van der Waals surface area contributed by atoms with Crippen LogP contribution in [-0.2, 0) is 10.0 Å². The van der Waals surface area contributed by atoms with Crippen molar-refractivity contribution in [3.63, 3.8) is 0 Å². The highest BCUT2D eigenvalue weighted by Crippen LogP contribution is 2.22. The molecule has 0 amide bonds. The van der Waals surface area contributed by atoms with Crippen LogP contribution in [0.1, 0.15) is 26.7 Å². The molecule has 4 nitrogen and oxygen atoms in total. The van der Waals surface area contributed by atoms with Gasteiger partial charge >= 0.3 is 0 Å². The molecule has 0 aromatic heterocycles. The highest BCUT2D eigenvalue weighted by molar-refractivity contribution is 7.89. The second-order valence-electron chi connectivity index (χ2n) is 4.06. The minimum atomic E-state index is -3.05. The normalized spacial score (nSPS) is 24.7. The van der Waals surface area contributed by atoms with Gasteiger partial charge in [0.25, 0.3) is 0 Å². The Morgan fingerprint density at radius 3 is 2.64 bits per heavy atom. The van der Waals surface area contributed by atoms with Crippen LogP contribution in [-0.4, -0.2) is 44.2 Å². The van der Waals surface area contributed by atoms with Crippen LogP contribution in [0.25, 0.3) is 0 Å². The highest BCUT2D eigenvalue weighted by atomic mass is 32.2. The summed E-state index contributed by atoms with van der Waals surface area (Å²) in [4.78, 5) is 0. The van der Waals surface area contributed by atoms with Crippen LogP contribution in [0.15, 0.2) is 0 Å². The topological polar surface area (TPSA) is 49.4 Å². The molecule has 1 aliphatic heterocycles. The molecule has 0 saturated carbocycles. The molecular formula is C9H20N2O2S. The Bertz CT molecular complexity index is 275. The van der Waals surface area contributed by atoms with E-state index in [2.05, 4.69) is 5.32 Å². The van der Waals surface area contributed by atoms with E-state index >= 15 is 0 Å². The van der Waals surface area contributed by atoms with E-state index in [1.807, 2.05) is 7.05 Å². The van der Waals surface area contributed by atoms with Gasteiger partial charge in [0.05, 0.1) is 5.25 Å². The van der Waals surface area contributed by atoms with Gasteiger partial charge in [-0.15, -0.1) is 0 Å². The van der Waals surface area contributed by atoms with E-state index in [0.29, 0.717) is 6.54 Å². The van der Waals surface area contributed by atoms with Crippen LogP contribution in [0.4, 0.5) is 0 Å². The lowest BCUT2D eigenvalue weighted by Crippen LogP contribution is -2.43. The molecule has 5 heteroatoms. The maximum Gasteiger partial charge on any atom is 0.216 e. The molecule has 1 aliphatic rings. The van der Waals surface area contributed by atoms with E-state index in [-0.39, 0.29) is 11.3 Å². The van der Waals surface area contributed by atoms with Crippen LogP contribution in [0, 0.1) is 0 Å². The smallest absolute Gasteiger partial charge is 0.216 e. The maximum absolute atomic E-state index is 11.9. The minimum Gasteiger partial charge on any atom is -0.318 e. The third-order valence-corrected chi connectivity index (χ3v) is 5.01. The summed E-state index contributed by atoms with van der Waals surface area (Å²) >= 11 is 0. The molecule has 0 spiro atoms. The SMILES string of the molecule is CNCC1CCCN1S(=O)(=O)C(C)C.